The molecule has 0 saturated heterocycles. The quantitative estimate of drug-likeness (QED) is 0.129. The lowest BCUT2D eigenvalue weighted by Crippen LogP contribution is -2.59. The summed E-state index contributed by atoms with van der Waals surface area (Å²) in [6.07, 6.45) is 0. The molecule has 8 aromatic carbocycles. The van der Waals surface area contributed by atoms with E-state index in [1.54, 1.807) is 0 Å². The first-order valence-corrected chi connectivity index (χ1v) is 15.8. The molecule has 0 bridgehead atoms. The zero-order valence-electron chi connectivity index (χ0n) is 24.3. The van der Waals surface area contributed by atoms with Gasteiger partial charge in [0.25, 0.3) is 6.71 Å². The molecule has 0 amide bonds. The molecule has 2 nitrogen and oxygen atoms in total. The Morgan fingerprint density at radius 1 is 0.378 bits per heavy atom. The largest absolute Gasteiger partial charge is 0.310 e. The predicted octanol–water partition coefficient (Wildman–Crippen LogP) is 8.48. The van der Waals surface area contributed by atoms with Crippen LogP contribution in [0.5, 0.6) is 0 Å². The van der Waals surface area contributed by atoms with Crippen molar-refractivity contribution in [1.82, 2.24) is 9.13 Å². The lowest BCUT2D eigenvalue weighted by molar-refractivity contribution is 1.16. The Labute approximate surface area is 258 Å². The fourth-order valence-corrected chi connectivity index (χ4v) is 9.26. The normalized spacial score (nSPS) is 13.3. The second-order valence-electron chi connectivity index (χ2n) is 12.8. The van der Waals surface area contributed by atoms with Crippen molar-refractivity contribution in [3.8, 4) is 11.4 Å². The highest BCUT2D eigenvalue weighted by atomic mass is 15.0. The van der Waals surface area contributed by atoms with Gasteiger partial charge >= 0.3 is 0 Å². The average Bonchev–Trinajstić information content (AvgIpc) is 3.63. The van der Waals surface area contributed by atoms with Crippen molar-refractivity contribution in [3.63, 3.8) is 0 Å². The Bertz CT molecular complexity index is 2990. The number of nitrogens with zero attached hydrogens (tertiary/aromatic N) is 2. The Morgan fingerprint density at radius 3 is 1.49 bits per heavy atom. The SMILES string of the molecule is c1ccc2c(c1)c1ccccc1c1c3c4c(cc21)-n1c2ccccc2c2cccc(c21)B4c1cccc2c4ccccc4n-3c12. The second-order valence-corrected chi connectivity index (χ2v) is 12.8. The molecule has 0 N–H and O–H groups in total. The lowest BCUT2D eigenvalue weighted by Gasteiger charge is -2.35. The van der Waals surface area contributed by atoms with Gasteiger partial charge in [-0.2, -0.15) is 0 Å². The van der Waals surface area contributed by atoms with Crippen LogP contribution >= 0.6 is 0 Å². The molecule has 204 valence electrons. The molecule has 0 saturated carbocycles. The highest BCUT2D eigenvalue weighted by Crippen LogP contribution is 2.45. The van der Waals surface area contributed by atoms with Crippen LogP contribution in [0.2, 0.25) is 0 Å². The number of hydrogen-bond donors (Lipinski definition) is 0. The van der Waals surface area contributed by atoms with Gasteiger partial charge < -0.3 is 9.13 Å². The van der Waals surface area contributed by atoms with E-state index in [4.69, 9.17) is 0 Å². The highest BCUT2D eigenvalue weighted by molar-refractivity contribution is 7.00. The van der Waals surface area contributed by atoms with Crippen molar-refractivity contribution in [2.24, 2.45) is 0 Å². The molecule has 2 aliphatic heterocycles. The molecule has 45 heavy (non-hydrogen) atoms. The zero-order valence-corrected chi connectivity index (χ0v) is 24.3. The minimum absolute atomic E-state index is 0.130. The molecule has 0 aliphatic carbocycles. The molecule has 2 aromatic heterocycles. The first-order chi connectivity index (χ1) is 22.4. The Kier molecular flexibility index (Phi) is 3.85. The third-order valence-corrected chi connectivity index (χ3v) is 10.8. The summed E-state index contributed by atoms with van der Waals surface area (Å²) in [5.41, 5.74) is 12.1. The Hall–Kier alpha value is -5.80. The molecule has 2 aliphatic rings. The van der Waals surface area contributed by atoms with E-state index in [0.717, 1.165) is 0 Å². The van der Waals surface area contributed by atoms with Gasteiger partial charge in [0.1, 0.15) is 0 Å². The van der Waals surface area contributed by atoms with Crippen LogP contribution in [0.4, 0.5) is 0 Å². The maximum atomic E-state index is 2.62. The van der Waals surface area contributed by atoms with Gasteiger partial charge in [-0.15, -0.1) is 0 Å². The predicted molar refractivity (Wildman–Crippen MR) is 192 cm³/mol. The number of benzene rings is 8. The van der Waals surface area contributed by atoms with E-state index in [9.17, 15) is 0 Å². The number of rotatable bonds is 0. The topological polar surface area (TPSA) is 9.86 Å². The maximum absolute atomic E-state index is 2.62. The van der Waals surface area contributed by atoms with Crippen molar-refractivity contribution >= 4 is 99.0 Å². The summed E-state index contributed by atoms with van der Waals surface area (Å²) in [5.74, 6) is 0. The standard InChI is InChI=1S/C42H23BN2/c1-2-13-26-24(11-1)25-12-3-4-16-29(25)38-32(26)23-37-39-42(38)45-36-22-8-6-15-28(36)31-18-10-20-34(41(31)45)43(39)33-19-9-17-30-27-14-5-7-21-35(27)44(37)40(30)33/h1-23H. The van der Waals surface area contributed by atoms with Gasteiger partial charge in [0.15, 0.2) is 0 Å². The average molecular weight is 566 g/mol. The van der Waals surface area contributed by atoms with E-state index in [2.05, 4.69) is 149 Å². The van der Waals surface area contributed by atoms with Gasteiger partial charge in [-0.25, -0.2) is 0 Å². The summed E-state index contributed by atoms with van der Waals surface area (Å²) in [6, 6.07) is 52.4. The van der Waals surface area contributed by atoms with Crippen LogP contribution in [0.3, 0.4) is 0 Å². The first-order valence-electron chi connectivity index (χ1n) is 15.8. The van der Waals surface area contributed by atoms with Gasteiger partial charge in [-0.1, -0.05) is 121 Å². The molecule has 0 radical (unpaired) electrons. The van der Waals surface area contributed by atoms with E-state index >= 15 is 0 Å². The molecule has 0 fully saturated rings. The molecule has 10 aromatic rings. The summed E-state index contributed by atoms with van der Waals surface area (Å²) < 4.78 is 5.20. The summed E-state index contributed by atoms with van der Waals surface area (Å²) >= 11 is 0. The van der Waals surface area contributed by atoms with Crippen LogP contribution < -0.4 is 16.4 Å². The lowest BCUT2D eigenvalue weighted by atomic mass is 9.34. The van der Waals surface area contributed by atoms with Crippen LogP contribution in [0, 0.1) is 0 Å². The van der Waals surface area contributed by atoms with E-state index in [-0.39, 0.29) is 6.71 Å². The summed E-state index contributed by atoms with van der Waals surface area (Å²) in [5, 5.41) is 13.2. The monoisotopic (exact) mass is 566 g/mol. The van der Waals surface area contributed by atoms with E-state index in [1.807, 2.05) is 0 Å². The van der Waals surface area contributed by atoms with Crippen LogP contribution in [-0.4, -0.2) is 15.8 Å². The van der Waals surface area contributed by atoms with Gasteiger partial charge in [0.05, 0.1) is 16.7 Å². The fourth-order valence-electron chi connectivity index (χ4n) is 9.26. The van der Waals surface area contributed by atoms with Crippen molar-refractivity contribution in [2.75, 3.05) is 0 Å². The van der Waals surface area contributed by atoms with Crippen molar-refractivity contribution < 1.29 is 0 Å². The Balaban J connectivity index is 1.46. The van der Waals surface area contributed by atoms with Crippen molar-refractivity contribution in [1.29, 1.82) is 0 Å². The smallest absolute Gasteiger partial charge is 0.252 e. The number of fused-ring (bicyclic) bond motifs is 17. The highest BCUT2D eigenvalue weighted by Gasteiger charge is 2.41. The van der Waals surface area contributed by atoms with Gasteiger partial charge in [0, 0.05) is 43.7 Å². The first kappa shape index (κ1) is 22.7. The van der Waals surface area contributed by atoms with Gasteiger partial charge in [0.2, 0.25) is 0 Å². The van der Waals surface area contributed by atoms with E-state index in [1.165, 1.54) is 104 Å². The minimum atomic E-state index is 0.130. The summed E-state index contributed by atoms with van der Waals surface area (Å²) in [6.45, 7) is 0.130. The van der Waals surface area contributed by atoms with Crippen LogP contribution in [0.15, 0.2) is 140 Å². The summed E-state index contributed by atoms with van der Waals surface area (Å²) in [7, 11) is 0. The van der Waals surface area contributed by atoms with Gasteiger partial charge in [-0.3, -0.25) is 0 Å². The Morgan fingerprint density at radius 2 is 0.844 bits per heavy atom. The number of para-hydroxylation sites is 4. The molecular weight excluding hydrogens is 543 g/mol. The number of hydrogen-bond acceptors (Lipinski definition) is 0. The van der Waals surface area contributed by atoms with Crippen LogP contribution in [0.25, 0.3) is 87.3 Å². The fraction of sp³-hybridized carbons (Fsp3) is 0. The minimum Gasteiger partial charge on any atom is -0.310 e. The van der Waals surface area contributed by atoms with Gasteiger partial charge in [-0.05, 0) is 61.5 Å². The van der Waals surface area contributed by atoms with E-state index < -0.39 is 0 Å². The molecular formula is C42H23BN2. The number of aromatic nitrogens is 2. The third-order valence-electron chi connectivity index (χ3n) is 10.8. The summed E-state index contributed by atoms with van der Waals surface area (Å²) in [4.78, 5) is 0. The zero-order chi connectivity index (χ0) is 29.0. The third kappa shape index (κ3) is 2.48. The van der Waals surface area contributed by atoms with E-state index in [0.29, 0.717) is 0 Å². The molecule has 4 heterocycles. The molecule has 0 spiro atoms. The maximum Gasteiger partial charge on any atom is 0.252 e. The molecule has 3 heteroatoms. The molecule has 0 unspecified atom stereocenters. The van der Waals surface area contributed by atoms with Crippen molar-refractivity contribution in [3.05, 3.63) is 140 Å². The van der Waals surface area contributed by atoms with Crippen LogP contribution in [-0.2, 0) is 0 Å². The molecule has 0 atom stereocenters. The molecule has 12 rings (SSSR count). The van der Waals surface area contributed by atoms with Crippen molar-refractivity contribution in [2.45, 2.75) is 0 Å². The van der Waals surface area contributed by atoms with Crippen LogP contribution in [0.1, 0.15) is 0 Å². The second kappa shape index (κ2) is 7.64.